The van der Waals surface area contributed by atoms with Crippen molar-refractivity contribution in [3.63, 3.8) is 0 Å². The Labute approximate surface area is 147 Å². The molecular formula is C21H21N3O. The van der Waals surface area contributed by atoms with Crippen LogP contribution >= 0.6 is 0 Å². The maximum absolute atomic E-state index is 12.4. The number of nitrogens with zero attached hydrogens (tertiary/aromatic N) is 1. The fourth-order valence-electron chi connectivity index (χ4n) is 2.57. The first-order valence-electron chi connectivity index (χ1n) is 8.34. The standard InChI is InChI=1S/C21H21N3O/c1-3-16-6-4-5-7-19(16)23-18-12-13-22-20(14-18)21(25)24-17-10-8-15(2)9-11-17/h4-14H,3H2,1-2H3,(H,22,23)(H,24,25). The SMILES string of the molecule is CCc1ccccc1Nc1ccnc(C(=O)Nc2ccc(C)cc2)c1. The molecule has 0 radical (unpaired) electrons. The van der Waals surface area contributed by atoms with Gasteiger partial charge in [0.2, 0.25) is 0 Å². The van der Waals surface area contributed by atoms with Crippen molar-refractivity contribution in [3.8, 4) is 0 Å². The number of nitrogens with one attached hydrogen (secondary N) is 2. The zero-order valence-electron chi connectivity index (χ0n) is 14.4. The molecule has 126 valence electrons. The van der Waals surface area contributed by atoms with Crippen LogP contribution in [0.5, 0.6) is 0 Å². The van der Waals surface area contributed by atoms with Crippen LogP contribution in [0.3, 0.4) is 0 Å². The highest BCUT2D eigenvalue weighted by Gasteiger charge is 2.09. The lowest BCUT2D eigenvalue weighted by Crippen LogP contribution is -2.13. The maximum atomic E-state index is 12.4. The molecule has 4 heteroatoms. The second kappa shape index (κ2) is 7.62. The molecule has 0 spiro atoms. The molecule has 0 unspecified atom stereocenters. The molecule has 0 atom stereocenters. The summed E-state index contributed by atoms with van der Waals surface area (Å²) in [5, 5.41) is 6.24. The van der Waals surface area contributed by atoms with E-state index in [-0.39, 0.29) is 5.91 Å². The lowest BCUT2D eigenvalue weighted by atomic mass is 10.1. The molecule has 0 fully saturated rings. The van der Waals surface area contributed by atoms with E-state index >= 15 is 0 Å². The van der Waals surface area contributed by atoms with Crippen LogP contribution in [0.4, 0.5) is 17.1 Å². The summed E-state index contributed by atoms with van der Waals surface area (Å²) in [6.45, 7) is 4.13. The van der Waals surface area contributed by atoms with Gasteiger partial charge in [-0.15, -0.1) is 0 Å². The smallest absolute Gasteiger partial charge is 0.274 e. The lowest BCUT2D eigenvalue weighted by molar-refractivity contribution is 0.102. The Morgan fingerprint density at radius 2 is 1.76 bits per heavy atom. The van der Waals surface area contributed by atoms with E-state index in [9.17, 15) is 4.79 Å². The first kappa shape index (κ1) is 16.7. The third-order valence-electron chi connectivity index (χ3n) is 3.98. The summed E-state index contributed by atoms with van der Waals surface area (Å²) in [4.78, 5) is 16.6. The van der Waals surface area contributed by atoms with E-state index in [0.29, 0.717) is 5.69 Å². The van der Waals surface area contributed by atoms with Crippen LogP contribution in [0.15, 0.2) is 66.9 Å². The Hall–Kier alpha value is -3.14. The molecule has 0 saturated carbocycles. The molecule has 2 N–H and O–H groups in total. The van der Waals surface area contributed by atoms with Gasteiger partial charge in [0.1, 0.15) is 5.69 Å². The number of aryl methyl sites for hydroxylation is 2. The van der Waals surface area contributed by atoms with Crippen molar-refractivity contribution in [2.45, 2.75) is 20.3 Å². The van der Waals surface area contributed by atoms with Crippen molar-refractivity contribution >= 4 is 23.0 Å². The van der Waals surface area contributed by atoms with Crippen LogP contribution in [0.2, 0.25) is 0 Å². The van der Waals surface area contributed by atoms with Crippen molar-refractivity contribution in [2.75, 3.05) is 10.6 Å². The van der Waals surface area contributed by atoms with Crippen LogP contribution < -0.4 is 10.6 Å². The minimum absolute atomic E-state index is 0.226. The number of pyridine rings is 1. The van der Waals surface area contributed by atoms with Gasteiger partial charge in [0.15, 0.2) is 0 Å². The Morgan fingerprint density at radius 1 is 1.00 bits per heavy atom. The summed E-state index contributed by atoms with van der Waals surface area (Å²) in [7, 11) is 0. The molecule has 1 amide bonds. The molecule has 0 aliphatic rings. The van der Waals surface area contributed by atoms with Crippen LogP contribution in [0, 0.1) is 6.92 Å². The minimum atomic E-state index is -0.226. The Bertz CT molecular complexity index is 872. The summed E-state index contributed by atoms with van der Waals surface area (Å²) >= 11 is 0. The van der Waals surface area contributed by atoms with Crippen molar-refractivity contribution in [1.29, 1.82) is 0 Å². The van der Waals surface area contributed by atoms with Crippen LogP contribution in [-0.2, 0) is 6.42 Å². The molecule has 1 heterocycles. The molecular weight excluding hydrogens is 310 g/mol. The van der Waals surface area contributed by atoms with E-state index in [1.807, 2.05) is 55.5 Å². The normalized spacial score (nSPS) is 10.3. The number of benzene rings is 2. The van der Waals surface area contributed by atoms with Crippen molar-refractivity contribution in [3.05, 3.63) is 83.7 Å². The molecule has 2 aromatic carbocycles. The number of para-hydroxylation sites is 1. The highest BCUT2D eigenvalue weighted by Crippen LogP contribution is 2.21. The monoisotopic (exact) mass is 331 g/mol. The van der Waals surface area contributed by atoms with Gasteiger partial charge in [-0.3, -0.25) is 9.78 Å². The van der Waals surface area contributed by atoms with Crippen LogP contribution in [0.1, 0.15) is 28.5 Å². The maximum Gasteiger partial charge on any atom is 0.274 e. The lowest BCUT2D eigenvalue weighted by Gasteiger charge is -2.11. The molecule has 3 aromatic rings. The summed E-state index contributed by atoms with van der Waals surface area (Å²) < 4.78 is 0. The fraction of sp³-hybridized carbons (Fsp3) is 0.143. The van der Waals surface area contributed by atoms with E-state index < -0.39 is 0 Å². The largest absolute Gasteiger partial charge is 0.355 e. The van der Waals surface area contributed by atoms with Crippen molar-refractivity contribution in [1.82, 2.24) is 4.98 Å². The highest BCUT2D eigenvalue weighted by atomic mass is 16.1. The highest BCUT2D eigenvalue weighted by molar-refractivity contribution is 6.03. The molecule has 0 bridgehead atoms. The third kappa shape index (κ3) is 4.23. The van der Waals surface area contributed by atoms with E-state index in [1.54, 1.807) is 12.3 Å². The second-order valence-corrected chi connectivity index (χ2v) is 5.89. The number of amides is 1. The van der Waals surface area contributed by atoms with Gasteiger partial charge in [0.25, 0.3) is 5.91 Å². The van der Waals surface area contributed by atoms with E-state index in [4.69, 9.17) is 0 Å². The summed E-state index contributed by atoms with van der Waals surface area (Å²) in [5.41, 5.74) is 5.39. The van der Waals surface area contributed by atoms with E-state index in [2.05, 4.69) is 28.6 Å². The zero-order valence-corrected chi connectivity index (χ0v) is 14.4. The van der Waals surface area contributed by atoms with Crippen molar-refractivity contribution in [2.24, 2.45) is 0 Å². The number of hydrogen-bond donors (Lipinski definition) is 2. The van der Waals surface area contributed by atoms with Gasteiger partial charge in [-0.05, 0) is 49.2 Å². The molecule has 0 aliphatic heterocycles. The van der Waals surface area contributed by atoms with Gasteiger partial charge in [0.05, 0.1) is 0 Å². The molecule has 0 aliphatic carbocycles. The van der Waals surface area contributed by atoms with Gasteiger partial charge in [0, 0.05) is 23.3 Å². The van der Waals surface area contributed by atoms with Gasteiger partial charge in [-0.2, -0.15) is 0 Å². The van der Waals surface area contributed by atoms with Crippen molar-refractivity contribution < 1.29 is 4.79 Å². The van der Waals surface area contributed by atoms with Gasteiger partial charge >= 0.3 is 0 Å². The summed E-state index contributed by atoms with van der Waals surface area (Å²) in [6, 6.07) is 19.4. The van der Waals surface area contributed by atoms with Gasteiger partial charge in [-0.25, -0.2) is 0 Å². The minimum Gasteiger partial charge on any atom is -0.355 e. The van der Waals surface area contributed by atoms with E-state index in [1.165, 1.54) is 5.56 Å². The number of hydrogen-bond acceptors (Lipinski definition) is 3. The topological polar surface area (TPSA) is 54.0 Å². The van der Waals surface area contributed by atoms with Crippen LogP contribution in [-0.4, -0.2) is 10.9 Å². The zero-order chi connectivity index (χ0) is 17.6. The molecule has 1 aromatic heterocycles. The fourth-order valence-corrected chi connectivity index (χ4v) is 2.57. The first-order chi connectivity index (χ1) is 12.2. The molecule has 0 saturated heterocycles. The average Bonchev–Trinajstić information content (AvgIpc) is 2.64. The predicted molar refractivity (Wildman–Crippen MR) is 102 cm³/mol. The number of carbonyl (C=O) groups excluding carboxylic acids is 1. The third-order valence-corrected chi connectivity index (χ3v) is 3.98. The number of aromatic nitrogens is 1. The van der Waals surface area contributed by atoms with Gasteiger partial charge < -0.3 is 10.6 Å². The molecule has 25 heavy (non-hydrogen) atoms. The Kier molecular flexibility index (Phi) is 5.09. The number of rotatable bonds is 5. The summed E-state index contributed by atoms with van der Waals surface area (Å²) in [6.07, 6.45) is 2.58. The second-order valence-electron chi connectivity index (χ2n) is 5.89. The predicted octanol–water partition coefficient (Wildman–Crippen LogP) is 4.95. The average molecular weight is 331 g/mol. The quantitative estimate of drug-likeness (QED) is 0.695. The first-order valence-corrected chi connectivity index (χ1v) is 8.34. The molecule has 3 rings (SSSR count). The number of anilines is 3. The molecule has 4 nitrogen and oxygen atoms in total. The van der Waals surface area contributed by atoms with Gasteiger partial charge in [-0.1, -0.05) is 42.8 Å². The van der Waals surface area contributed by atoms with Crippen LogP contribution in [0.25, 0.3) is 0 Å². The Balaban J connectivity index is 1.76. The Morgan fingerprint density at radius 3 is 2.52 bits per heavy atom. The number of carbonyl (C=O) groups is 1. The van der Waals surface area contributed by atoms with E-state index in [0.717, 1.165) is 29.0 Å². The summed E-state index contributed by atoms with van der Waals surface area (Å²) in [5.74, 6) is -0.226.